The number of halogens is 1. The Morgan fingerprint density at radius 2 is 1.82 bits per heavy atom. The smallest absolute Gasteiger partial charge is 0.336 e. The van der Waals surface area contributed by atoms with E-state index in [4.69, 9.17) is 22.4 Å². The normalized spacial score (nSPS) is 10.2. The lowest BCUT2D eigenvalue weighted by Gasteiger charge is -2.10. The van der Waals surface area contributed by atoms with Crippen LogP contribution in [0.5, 0.6) is 0 Å². The van der Waals surface area contributed by atoms with Crippen molar-refractivity contribution in [3.8, 4) is 11.1 Å². The summed E-state index contributed by atoms with van der Waals surface area (Å²) in [6.45, 7) is 0. The van der Waals surface area contributed by atoms with Gasteiger partial charge in [-0.15, -0.1) is 0 Å². The Morgan fingerprint density at radius 1 is 1.12 bits per heavy atom. The fourth-order valence-corrected chi connectivity index (χ4v) is 1.94. The van der Waals surface area contributed by atoms with Gasteiger partial charge in [-0.1, -0.05) is 35.9 Å². The van der Waals surface area contributed by atoms with Gasteiger partial charge in [0.25, 0.3) is 0 Å². The highest BCUT2D eigenvalue weighted by Crippen LogP contribution is 2.34. The number of hydrogen-bond donors (Lipinski definition) is 2. The SMILES string of the molecule is Nc1cccc(C(=O)O)c1-c1ccccc1Cl. The molecular weight excluding hydrogens is 238 g/mol. The molecule has 3 N–H and O–H groups in total. The van der Waals surface area contributed by atoms with E-state index in [0.717, 1.165) is 0 Å². The van der Waals surface area contributed by atoms with Crippen LogP contribution in [0, 0.1) is 0 Å². The van der Waals surface area contributed by atoms with Crippen LogP contribution in [0.3, 0.4) is 0 Å². The number of carboxylic acids is 1. The lowest BCUT2D eigenvalue weighted by Crippen LogP contribution is -2.02. The largest absolute Gasteiger partial charge is 0.478 e. The van der Waals surface area contributed by atoms with Crippen LogP contribution in [-0.2, 0) is 0 Å². The number of aromatic carboxylic acids is 1. The number of anilines is 1. The first-order chi connectivity index (χ1) is 8.11. The molecule has 0 aliphatic heterocycles. The van der Waals surface area contributed by atoms with Crippen molar-refractivity contribution in [3.63, 3.8) is 0 Å². The van der Waals surface area contributed by atoms with Crippen LogP contribution in [0.15, 0.2) is 42.5 Å². The molecular formula is C13H10ClNO2. The van der Waals surface area contributed by atoms with E-state index in [1.807, 2.05) is 0 Å². The second-order valence-corrected chi connectivity index (χ2v) is 3.96. The molecule has 4 heteroatoms. The molecule has 0 spiro atoms. The highest BCUT2D eigenvalue weighted by Gasteiger charge is 2.15. The number of nitrogen functional groups attached to an aromatic ring is 1. The third-order valence-corrected chi connectivity index (χ3v) is 2.80. The summed E-state index contributed by atoms with van der Waals surface area (Å²) in [5.74, 6) is -1.02. The van der Waals surface area contributed by atoms with E-state index in [-0.39, 0.29) is 5.56 Å². The first-order valence-corrected chi connectivity index (χ1v) is 5.35. The summed E-state index contributed by atoms with van der Waals surface area (Å²) in [7, 11) is 0. The van der Waals surface area contributed by atoms with E-state index < -0.39 is 5.97 Å². The Labute approximate surface area is 103 Å². The van der Waals surface area contributed by atoms with Gasteiger partial charge in [0.15, 0.2) is 0 Å². The van der Waals surface area contributed by atoms with Crippen molar-refractivity contribution in [3.05, 3.63) is 53.1 Å². The van der Waals surface area contributed by atoms with Crippen LogP contribution in [0.25, 0.3) is 11.1 Å². The minimum atomic E-state index is -1.02. The summed E-state index contributed by atoms with van der Waals surface area (Å²) in [4.78, 5) is 11.2. The molecule has 2 aromatic rings. The van der Waals surface area contributed by atoms with Crippen molar-refractivity contribution in [2.24, 2.45) is 0 Å². The van der Waals surface area contributed by atoms with E-state index in [9.17, 15) is 4.79 Å². The van der Waals surface area contributed by atoms with Crippen molar-refractivity contribution in [1.29, 1.82) is 0 Å². The molecule has 0 saturated carbocycles. The van der Waals surface area contributed by atoms with Crippen LogP contribution < -0.4 is 5.73 Å². The Kier molecular flexibility index (Phi) is 3.02. The van der Waals surface area contributed by atoms with Crippen molar-refractivity contribution in [2.75, 3.05) is 5.73 Å². The molecule has 0 radical (unpaired) electrons. The molecule has 0 aliphatic carbocycles. The molecule has 0 bridgehead atoms. The Morgan fingerprint density at radius 3 is 2.47 bits per heavy atom. The molecule has 3 nitrogen and oxygen atoms in total. The van der Waals surface area contributed by atoms with E-state index in [0.29, 0.717) is 21.8 Å². The maximum atomic E-state index is 11.2. The van der Waals surface area contributed by atoms with E-state index in [1.54, 1.807) is 36.4 Å². The second-order valence-electron chi connectivity index (χ2n) is 3.55. The lowest BCUT2D eigenvalue weighted by atomic mass is 9.98. The van der Waals surface area contributed by atoms with Gasteiger partial charge in [-0.2, -0.15) is 0 Å². The highest BCUT2D eigenvalue weighted by atomic mass is 35.5. The Bertz CT molecular complexity index is 581. The molecule has 0 atom stereocenters. The highest BCUT2D eigenvalue weighted by molar-refractivity contribution is 6.33. The van der Waals surface area contributed by atoms with Crippen molar-refractivity contribution >= 4 is 23.3 Å². The minimum Gasteiger partial charge on any atom is -0.478 e. The van der Waals surface area contributed by atoms with Gasteiger partial charge in [0.1, 0.15) is 0 Å². The molecule has 17 heavy (non-hydrogen) atoms. The molecule has 2 aromatic carbocycles. The number of hydrogen-bond acceptors (Lipinski definition) is 2. The minimum absolute atomic E-state index is 0.151. The van der Waals surface area contributed by atoms with E-state index in [1.165, 1.54) is 6.07 Å². The Balaban J connectivity index is 2.75. The van der Waals surface area contributed by atoms with Gasteiger partial charge in [0.05, 0.1) is 5.56 Å². The number of benzene rings is 2. The molecule has 0 aliphatic rings. The Hall–Kier alpha value is -2.00. The molecule has 0 unspecified atom stereocenters. The van der Waals surface area contributed by atoms with Gasteiger partial charge >= 0.3 is 5.97 Å². The summed E-state index contributed by atoms with van der Waals surface area (Å²) in [5.41, 5.74) is 7.48. The number of rotatable bonds is 2. The summed E-state index contributed by atoms with van der Waals surface area (Å²) >= 11 is 6.06. The second kappa shape index (κ2) is 4.47. The first kappa shape index (κ1) is 11.5. The monoisotopic (exact) mass is 247 g/mol. The predicted octanol–water partition coefficient (Wildman–Crippen LogP) is 3.29. The zero-order chi connectivity index (χ0) is 12.4. The molecule has 0 saturated heterocycles. The van der Waals surface area contributed by atoms with Crippen molar-refractivity contribution in [2.45, 2.75) is 0 Å². The summed E-state index contributed by atoms with van der Waals surface area (Å²) in [6, 6.07) is 11.8. The number of carbonyl (C=O) groups is 1. The summed E-state index contributed by atoms with van der Waals surface area (Å²) < 4.78 is 0. The van der Waals surface area contributed by atoms with Gasteiger partial charge in [-0.25, -0.2) is 4.79 Å². The third-order valence-electron chi connectivity index (χ3n) is 2.47. The topological polar surface area (TPSA) is 63.3 Å². The van der Waals surface area contributed by atoms with E-state index >= 15 is 0 Å². The maximum Gasteiger partial charge on any atom is 0.336 e. The van der Waals surface area contributed by atoms with Crippen molar-refractivity contribution in [1.82, 2.24) is 0 Å². The average molecular weight is 248 g/mol. The zero-order valence-electron chi connectivity index (χ0n) is 8.85. The molecule has 2 rings (SSSR count). The van der Waals surface area contributed by atoms with Crippen molar-refractivity contribution < 1.29 is 9.90 Å². The van der Waals surface area contributed by atoms with Gasteiger partial charge in [-0.3, -0.25) is 0 Å². The standard InChI is InChI=1S/C13H10ClNO2/c14-10-6-2-1-4-8(10)12-9(13(16)17)5-3-7-11(12)15/h1-7H,15H2,(H,16,17). The van der Waals surface area contributed by atoms with Gasteiger partial charge in [-0.05, 0) is 18.2 Å². The molecule has 0 heterocycles. The predicted molar refractivity (Wildman–Crippen MR) is 68.3 cm³/mol. The van der Waals surface area contributed by atoms with Crippen LogP contribution in [0.1, 0.15) is 10.4 Å². The van der Waals surface area contributed by atoms with Gasteiger partial charge in [0, 0.05) is 21.8 Å². The quantitative estimate of drug-likeness (QED) is 0.801. The molecule has 0 fully saturated rings. The third kappa shape index (κ3) is 2.10. The van der Waals surface area contributed by atoms with E-state index in [2.05, 4.69) is 0 Å². The zero-order valence-corrected chi connectivity index (χ0v) is 9.61. The molecule has 86 valence electrons. The molecule has 0 aromatic heterocycles. The summed E-state index contributed by atoms with van der Waals surface area (Å²) in [6.07, 6.45) is 0. The lowest BCUT2D eigenvalue weighted by molar-refractivity contribution is 0.0698. The average Bonchev–Trinajstić information content (AvgIpc) is 2.30. The van der Waals surface area contributed by atoms with Crippen LogP contribution in [-0.4, -0.2) is 11.1 Å². The fourth-order valence-electron chi connectivity index (χ4n) is 1.71. The maximum absolute atomic E-state index is 11.2. The van der Waals surface area contributed by atoms with Gasteiger partial charge < -0.3 is 10.8 Å². The fraction of sp³-hybridized carbons (Fsp3) is 0. The van der Waals surface area contributed by atoms with Gasteiger partial charge in [0.2, 0.25) is 0 Å². The van der Waals surface area contributed by atoms with Crippen LogP contribution >= 0.6 is 11.6 Å². The number of nitrogens with two attached hydrogens (primary N) is 1. The molecule has 0 amide bonds. The summed E-state index contributed by atoms with van der Waals surface area (Å²) in [5, 5.41) is 9.62. The van der Waals surface area contributed by atoms with Crippen LogP contribution in [0.4, 0.5) is 5.69 Å². The number of carboxylic acid groups (broad SMARTS) is 1. The van der Waals surface area contributed by atoms with Crippen LogP contribution in [0.2, 0.25) is 5.02 Å². The first-order valence-electron chi connectivity index (χ1n) is 4.98.